The summed E-state index contributed by atoms with van der Waals surface area (Å²) in [5.41, 5.74) is 0.0260. The van der Waals surface area contributed by atoms with Gasteiger partial charge in [-0.2, -0.15) is 10.5 Å². The van der Waals surface area contributed by atoms with Crippen LogP contribution < -0.4 is 10.6 Å². The molecule has 0 bridgehead atoms. The summed E-state index contributed by atoms with van der Waals surface area (Å²) >= 11 is 1.82. The number of hydrogen-bond donors (Lipinski definition) is 0. The Labute approximate surface area is 266 Å². The number of ether oxygens (including phenoxy) is 1. The monoisotopic (exact) mass is 755 g/mol. The van der Waals surface area contributed by atoms with E-state index in [1.165, 1.54) is 30.4 Å². The zero-order valence-corrected chi connectivity index (χ0v) is 28.7. The number of benzene rings is 2. The molecule has 1 aliphatic carbocycles. The SMILES string of the molecule is CC#N.CC#N.C[C]1[CH][C](C(C)(C)C)[CH][C]1C(=O)OCCP(c1ccccc1)c1ccccc1.F[P-](F)(F)(F)(F)F.[Cl][Ru+2]. The van der Waals surface area contributed by atoms with Crippen molar-refractivity contribution in [3.8, 4) is 12.1 Å². The zero-order valence-electron chi connectivity index (χ0n) is 24.4. The molecule has 1 aliphatic rings. The Morgan fingerprint density at radius 3 is 1.51 bits per heavy atom. The van der Waals surface area contributed by atoms with E-state index in [0.717, 1.165) is 12.1 Å². The fourth-order valence-electron chi connectivity index (χ4n) is 3.21. The van der Waals surface area contributed by atoms with Gasteiger partial charge in [0.05, 0.1) is 24.7 Å². The van der Waals surface area contributed by atoms with Crippen molar-refractivity contribution in [2.45, 2.75) is 41.5 Å². The number of nitrogens with zero attached hydrogens (tertiary/aromatic N) is 2. The van der Waals surface area contributed by atoms with Crippen LogP contribution in [0.2, 0.25) is 0 Å². The minimum absolute atomic E-state index is 0.0260. The van der Waals surface area contributed by atoms with Crippen molar-refractivity contribution in [2.24, 2.45) is 5.41 Å². The number of nitriles is 2. The fraction of sp³-hybridized carbons (Fsp3) is 0.310. The summed E-state index contributed by atoms with van der Waals surface area (Å²) in [5.74, 6) is 2.63. The number of carbonyl (C=O) groups is 1. The molecule has 0 unspecified atom stereocenters. The van der Waals surface area contributed by atoms with E-state index in [-0.39, 0.29) is 11.4 Å². The van der Waals surface area contributed by atoms with Crippen LogP contribution in [0.1, 0.15) is 41.5 Å². The van der Waals surface area contributed by atoms with Gasteiger partial charge in [0.15, 0.2) is 0 Å². The van der Waals surface area contributed by atoms with Gasteiger partial charge < -0.3 is 4.74 Å². The molecule has 0 saturated heterocycles. The summed E-state index contributed by atoms with van der Waals surface area (Å²) in [7, 11) is -6.64. The molecule has 2 aromatic rings. The first-order chi connectivity index (χ1) is 19.6. The molecule has 1 fully saturated rings. The molecule has 0 spiro atoms. The van der Waals surface area contributed by atoms with Crippen LogP contribution in [0, 0.1) is 58.7 Å². The summed E-state index contributed by atoms with van der Waals surface area (Å²) in [4.78, 5) is 12.6. The minimum atomic E-state index is -10.7. The van der Waals surface area contributed by atoms with E-state index in [1.54, 1.807) is 12.1 Å². The van der Waals surface area contributed by atoms with Gasteiger partial charge in [0, 0.05) is 20.0 Å². The van der Waals surface area contributed by atoms with E-state index in [1.807, 2.05) is 42.8 Å². The molecule has 238 valence electrons. The summed E-state index contributed by atoms with van der Waals surface area (Å²) in [6, 6.07) is 24.5. The van der Waals surface area contributed by atoms with Gasteiger partial charge in [-0.3, -0.25) is 4.79 Å². The third kappa shape index (κ3) is 23.3. The van der Waals surface area contributed by atoms with E-state index in [4.69, 9.17) is 15.3 Å². The van der Waals surface area contributed by atoms with E-state index in [0.29, 0.717) is 12.5 Å². The Kier molecular flexibility index (Phi) is 19.1. The summed E-state index contributed by atoms with van der Waals surface area (Å²) in [6.45, 7) is 11.7. The third-order valence-electron chi connectivity index (χ3n) is 4.87. The zero-order chi connectivity index (χ0) is 34.0. The van der Waals surface area contributed by atoms with Crippen molar-refractivity contribution in [3.63, 3.8) is 0 Å². The van der Waals surface area contributed by atoms with Crippen LogP contribution >= 0.6 is 25.4 Å². The van der Waals surface area contributed by atoms with Crippen molar-refractivity contribution in [3.05, 3.63) is 91.3 Å². The molecule has 0 amide bonds. The molecular formula is C29H34ClF6N2O2P2Ru+. The van der Waals surface area contributed by atoms with E-state index in [9.17, 15) is 30.0 Å². The molecule has 1 saturated carbocycles. The average molecular weight is 755 g/mol. The first-order valence-corrected chi connectivity index (χ1v) is 18.1. The molecule has 0 heterocycles. The van der Waals surface area contributed by atoms with Crippen molar-refractivity contribution in [2.75, 3.05) is 12.8 Å². The molecule has 5 radical (unpaired) electrons. The molecule has 0 atom stereocenters. The van der Waals surface area contributed by atoms with Crippen molar-refractivity contribution < 1.29 is 52.0 Å². The topological polar surface area (TPSA) is 73.9 Å². The van der Waals surface area contributed by atoms with E-state index < -0.39 is 15.7 Å². The van der Waals surface area contributed by atoms with Crippen molar-refractivity contribution in [1.82, 2.24) is 0 Å². The Hall–Kier alpha value is -1.76. The van der Waals surface area contributed by atoms with Gasteiger partial charge in [-0.1, -0.05) is 88.4 Å². The van der Waals surface area contributed by atoms with E-state index in [2.05, 4.69) is 85.4 Å². The number of hydrogen-bond acceptors (Lipinski definition) is 4. The predicted molar refractivity (Wildman–Crippen MR) is 160 cm³/mol. The Morgan fingerprint density at radius 2 is 1.21 bits per heavy atom. The Balaban J connectivity index is 0. The van der Waals surface area contributed by atoms with E-state index >= 15 is 0 Å². The maximum atomic E-state index is 12.6. The average Bonchev–Trinajstić information content (AvgIpc) is 3.30. The van der Waals surface area contributed by atoms with Crippen LogP contribution in [0.15, 0.2) is 60.7 Å². The van der Waals surface area contributed by atoms with Crippen LogP contribution in [-0.4, -0.2) is 18.7 Å². The van der Waals surface area contributed by atoms with Gasteiger partial charge in [-0.25, -0.2) is 0 Å². The second-order valence-corrected chi connectivity index (χ2v) is 13.7. The van der Waals surface area contributed by atoms with Gasteiger partial charge in [0.25, 0.3) is 0 Å². The Bertz CT molecular complexity index is 1100. The second kappa shape index (κ2) is 18.9. The molecule has 4 nitrogen and oxygen atoms in total. The van der Waals surface area contributed by atoms with Gasteiger partial charge >= 0.3 is 66.0 Å². The predicted octanol–water partition coefficient (Wildman–Crippen LogP) is 10.0. The van der Waals surface area contributed by atoms with Crippen LogP contribution in [0.3, 0.4) is 0 Å². The second-order valence-electron chi connectivity index (χ2n) is 9.45. The number of halogens is 7. The van der Waals surface area contributed by atoms with Crippen molar-refractivity contribution >= 4 is 42.0 Å². The summed E-state index contributed by atoms with van der Waals surface area (Å²) in [6.07, 6.45) is 4.90. The van der Waals surface area contributed by atoms with Gasteiger partial charge in [-0.15, -0.1) is 0 Å². The van der Waals surface area contributed by atoms with Crippen LogP contribution in [0.5, 0.6) is 0 Å². The molecule has 0 aliphatic heterocycles. The first kappa shape index (κ1) is 43.4. The Morgan fingerprint density at radius 1 is 0.860 bits per heavy atom. The molecular weight excluding hydrogens is 721 g/mol. The van der Waals surface area contributed by atoms with Crippen LogP contribution in [0.4, 0.5) is 25.2 Å². The summed E-state index contributed by atoms with van der Waals surface area (Å²) < 4.78 is 64.9. The first-order valence-electron chi connectivity index (χ1n) is 12.3. The standard InChI is InChI=1S/C25H28O2P.2C2H3N.ClH.F6P.Ru/c1-19-17-20(25(2,3)4)18-23(19)24(26)27-15-16-28(21-11-7-5-8-12-21)22-13-9-6-10-14-22;2*1-2-3;;1-7(2,3,4,5)6;/h5-14,17-18H,15-16H2,1-4H3;2*1H3;1H;;/q;;;;-1;+3/p-1. The fourth-order valence-corrected chi connectivity index (χ4v) is 5.36. The van der Waals surface area contributed by atoms with Crippen LogP contribution in [-0.2, 0) is 26.8 Å². The molecule has 43 heavy (non-hydrogen) atoms. The maximum absolute atomic E-state index is 12.6. The third-order valence-corrected chi connectivity index (χ3v) is 7.34. The normalized spacial score (nSPS) is 15.1. The molecule has 0 N–H and O–H groups in total. The summed E-state index contributed by atoms with van der Waals surface area (Å²) in [5, 5.41) is 17.2. The number of esters is 1. The van der Waals surface area contributed by atoms with Crippen LogP contribution in [0.25, 0.3) is 0 Å². The molecule has 3 rings (SSSR count). The van der Waals surface area contributed by atoms with Gasteiger partial charge in [0.1, 0.15) is 0 Å². The molecule has 2 aromatic carbocycles. The number of carbonyl (C=O) groups excluding carboxylic acids is 1. The van der Waals surface area contributed by atoms with Gasteiger partial charge in [0.2, 0.25) is 0 Å². The van der Waals surface area contributed by atoms with Gasteiger partial charge in [-0.05, 0) is 48.6 Å². The molecule has 14 heteroatoms. The molecule has 0 aromatic heterocycles. The quantitative estimate of drug-likeness (QED) is 0.127. The number of rotatable bonds is 6. The van der Waals surface area contributed by atoms with Crippen molar-refractivity contribution in [1.29, 1.82) is 10.5 Å².